The molecule has 64 valence electrons. The normalized spacial score (nSPS) is 37.3. The van der Waals surface area contributed by atoms with Gasteiger partial charge in [-0.15, -0.1) is 0 Å². The molecule has 1 nitrogen and oxygen atoms in total. The second kappa shape index (κ2) is 2.62. The Balaban J connectivity index is 2.75. The summed E-state index contributed by atoms with van der Waals surface area (Å²) in [5.41, 5.74) is 0.231. The predicted octanol–water partition coefficient (Wildman–Crippen LogP) is 2.65. The molecular formula is C10H18O. The van der Waals surface area contributed by atoms with Gasteiger partial charge in [-0.1, -0.05) is 27.7 Å². The minimum Gasteiger partial charge on any atom is -0.299 e. The van der Waals surface area contributed by atoms with Crippen LogP contribution in [0.25, 0.3) is 0 Å². The van der Waals surface area contributed by atoms with E-state index in [-0.39, 0.29) is 11.3 Å². The van der Waals surface area contributed by atoms with Gasteiger partial charge < -0.3 is 0 Å². The van der Waals surface area contributed by atoms with Gasteiger partial charge in [-0.3, -0.25) is 4.79 Å². The lowest BCUT2D eigenvalue weighted by molar-refractivity contribution is -0.130. The molecule has 0 spiro atoms. The number of rotatable bonds is 0. The maximum absolute atomic E-state index is 11.4. The molecule has 11 heavy (non-hydrogen) atoms. The highest BCUT2D eigenvalue weighted by molar-refractivity contribution is 5.82. The van der Waals surface area contributed by atoms with E-state index in [9.17, 15) is 4.79 Å². The molecule has 1 heteroatoms. The summed E-state index contributed by atoms with van der Waals surface area (Å²) in [6.07, 6.45) is 1.99. The van der Waals surface area contributed by atoms with Crippen LogP contribution >= 0.6 is 0 Å². The van der Waals surface area contributed by atoms with Gasteiger partial charge in [0, 0.05) is 12.3 Å². The van der Waals surface area contributed by atoms with E-state index >= 15 is 0 Å². The Kier molecular flexibility index (Phi) is 2.08. The van der Waals surface area contributed by atoms with Crippen molar-refractivity contribution in [1.29, 1.82) is 0 Å². The lowest BCUT2D eigenvalue weighted by Crippen LogP contribution is -2.36. The van der Waals surface area contributed by atoms with E-state index < -0.39 is 0 Å². The maximum atomic E-state index is 11.4. The Morgan fingerprint density at radius 3 is 2.36 bits per heavy atom. The van der Waals surface area contributed by atoms with Crippen LogP contribution in [0.1, 0.15) is 40.5 Å². The molecule has 1 aliphatic rings. The maximum Gasteiger partial charge on any atom is 0.136 e. The van der Waals surface area contributed by atoms with Crippen LogP contribution in [-0.4, -0.2) is 5.78 Å². The van der Waals surface area contributed by atoms with Crippen molar-refractivity contribution in [3.8, 4) is 0 Å². The average molecular weight is 154 g/mol. The molecule has 2 unspecified atom stereocenters. The fourth-order valence-electron chi connectivity index (χ4n) is 2.10. The van der Waals surface area contributed by atoms with Gasteiger partial charge in [0.05, 0.1) is 0 Å². The summed E-state index contributed by atoms with van der Waals surface area (Å²) >= 11 is 0. The van der Waals surface area contributed by atoms with Gasteiger partial charge in [0.2, 0.25) is 0 Å². The SMILES string of the molecule is CC1CC(=O)C(C)C(C)(C)C1. The van der Waals surface area contributed by atoms with E-state index in [0.717, 1.165) is 6.42 Å². The van der Waals surface area contributed by atoms with Crippen LogP contribution in [0.5, 0.6) is 0 Å². The van der Waals surface area contributed by atoms with Crippen LogP contribution < -0.4 is 0 Å². The molecule has 0 saturated heterocycles. The van der Waals surface area contributed by atoms with Crippen LogP contribution in [-0.2, 0) is 4.79 Å². The Labute approximate surface area is 69.2 Å². The quantitative estimate of drug-likeness (QED) is 0.524. The zero-order chi connectivity index (χ0) is 8.65. The zero-order valence-corrected chi connectivity index (χ0v) is 7.98. The molecule has 1 aliphatic carbocycles. The molecule has 0 heterocycles. The molecule has 0 N–H and O–H groups in total. The minimum absolute atomic E-state index is 0.231. The van der Waals surface area contributed by atoms with Crippen LogP contribution in [0.2, 0.25) is 0 Å². The molecule has 0 aromatic heterocycles. The summed E-state index contributed by atoms with van der Waals surface area (Å²) in [5, 5.41) is 0. The third-order valence-corrected chi connectivity index (χ3v) is 3.08. The van der Waals surface area contributed by atoms with Gasteiger partial charge in [0.1, 0.15) is 5.78 Å². The van der Waals surface area contributed by atoms with Crippen LogP contribution in [0.15, 0.2) is 0 Å². The number of carbonyl (C=O) groups excluding carboxylic acids is 1. The first-order valence-electron chi connectivity index (χ1n) is 4.46. The van der Waals surface area contributed by atoms with Crippen molar-refractivity contribution in [1.82, 2.24) is 0 Å². The Morgan fingerprint density at radius 2 is 1.91 bits per heavy atom. The highest BCUT2D eigenvalue weighted by atomic mass is 16.1. The molecule has 0 aromatic rings. The lowest BCUT2D eigenvalue weighted by Gasteiger charge is -2.38. The molecule has 1 fully saturated rings. The number of hydrogen-bond donors (Lipinski definition) is 0. The molecule has 0 aliphatic heterocycles. The minimum atomic E-state index is 0.231. The smallest absolute Gasteiger partial charge is 0.136 e. The number of hydrogen-bond acceptors (Lipinski definition) is 1. The zero-order valence-electron chi connectivity index (χ0n) is 7.98. The van der Waals surface area contributed by atoms with Crippen molar-refractivity contribution >= 4 is 5.78 Å². The van der Waals surface area contributed by atoms with Gasteiger partial charge in [0.25, 0.3) is 0 Å². The summed E-state index contributed by atoms with van der Waals surface area (Å²) in [6, 6.07) is 0. The highest BCUT2D eigenvalue weighted by Gasteiger charge is 2.37. The number of Topliss-reactive ketones (excluding diaryl/α,β-unsaturated/α-hetero) is 1. The molecule has 0 bridgehead atoms. The molecule has 0 aromatic carbocycles. The Morgan fingerprint density at radius 1 is 1.36 bits per heavy atom. The summed E-state index contributed by atoms with van der Waals surface area (Å²) < 4.78 is 0. The van der Waals surface area contributed by atoms with E-state index in [0.29, 0.717) is 11.7 Å². The van der Waals surface area contributed by atoms with Crippen LogP contribution in [0, 0.1) is 17.3 Å². The fourth-order valence-corrected chi connectivity index (χ4v) is 2.10. The van der Waals surface area contributed by atoms with Gasteiger partial charge in [0.15, 0.2) is 0 Å². The molecule has 1 rings (SSSR count). The van der Waals surface area contributed by atoms with E-state index in [1.165, 1.54) is 6.42 Å². The molecule has 0 radical (unpaired) electrons. The molecule has 2 atom stereocenters. The van der Waals surface area contributed by atoms with Crippen LogP contribution in [0.4, 0.5) is 0 Å². The topological polar surface area (TPSA) is 17.1 Å². The van der Waals surface area contributed by atoms with Crippen molar-refractivity contribution in [2.45, 2.75) is 40.5 Å². The Bertz CT molecular complexity index is 170. The Hall–Kier alpha value is -0.330. The van der Waals surface area contributed by atoms with Gasteiger partial charge in [-0.05, 0) is 17.8 Å². The van der Waals surface area contributed by atoms with Crippen molar-refractivity contribution < 1.29 is 4.79 Å². The summed E-state index contributed by atoms with van der Waals surface area (Å²) in [4.78, 5) is 11.4. The largest absolute Gasteiger partial charge is 0.299 e. The van der Waals surface area contributed by atoms with E-state index in [1.807, 2.05) is 0 Å². The number of ketones is 1. The van der Waals surface area contributed by atoms with Gasteiger partial charge in [-0.2, -0.15) is 0 Å². The first-order chi connectivity index (χ1) is 4.93. The van der Waals surface area contributed by atoms with E-state index in [2.05, 4.69) is 27.7 Å². The second-order valence-corrected chi connectivity index (χ2v) is 4.69. The van der Waals surface area contributed by atoms with Crippen molar-refractivity contribution in [2.24, 2.45) is 17.3 Å². The van der Waals surface area contributed by atoms with Gasteiger partial charge >= 0.3 is 0 Å². The monoisotopic (exact) mass is 154 g/mol. The predicted molar refractivity (Wildman–Crippen MR) is 46.4 cm³/mol. The summed E-state index contributed by atoms with van der Waals surface area (Å²) in [6.45, 7) is 8.64. The highest BCUT2D eigenvalue weighted by Crippen LogP contribution is 2.40. The molecule has 1 saturated carbocycles. The summed E-state index contributed by atoms with van der Waals surface area (Å²) in [7, 11) is 0. The summed E-state index contributed by atoms with van der Waals surface area (Å²) in [5.74, 6) is 1.31. The van der Waals surface area contributed by atoms with Gasteiger partial charge in [-0.25, -0.2) is 0 Å². The van der Waals surface area contributed by atoms with Crippen molar-refractivity contribution in [3.63, 3.8) is 0 Å². The fraction of sp³-hybridized carbons (Fsp3) is 0.900. The van der Waals surface area contributed by atoms with E-state index in [4.69, 9.17) is 0 Å². The second-order valence-electron chi connectivity index (χ2n) is 4.69. The van der Waals surface area contributed by atoms with Crippen molar-refractivity contribution in [2.75, 3.05) is 0 Å². The molecular weight excluding hydrogens is 136 g/mol. The lowest BCUT2D eigenvalue weighted by atomic mass is 9.66. The van der Waals surface area contributed by atoms with E-state index in [1.54, 1.807) is 0 Å². The molecule has 0 amide bonds. The third-order valence-electron chi connectivity index (χ3n) is 3.08. The first kappa shape index (κ1) is 8.76. The standard InChI is InChI=1S/C10H18O/c1-7-5-9(11)8(2)10(3,4)6-7/h7-8H,5-6H2,1-4H3. The average Bonchev–Trinajstić information content (AvgIpc) is 1.81. The third kappa shape index (κ3) is 1.63. The first-order valence-corrected chi connectivity index (χ1v) is 4.46. The number of carbonyl (C=O) groups is 1. The van der Waals surface area contributed by atoms with Crippen LogP contribution in [0.3, 0.4) is 0 Å². The van der Waals surface area contributed by atoms with Crippen molar-refractivity contribution in [3.05, 3.63) is 0 Å².